The van der Waals surface area contributed by atoms with Crippen LogP contribution in [0.2, 0.25) is 0 Å². The van der Waals surface area contributed by atoms with Crippen molar-refractivity contribution in [3.05, 3.63) is 59.7 Å². The maximum absolute atomic E-state index is 13.0. The summed E-state index contributed by atoms with van der Waals surface area (Å²) < 4.78 is 12.7. The highest BCUT2D eigenvalue weighted by Crippen LogP contribution is 2.44. The van der Waals surface area contributed by atoms with Crippen LogP contribution >= 0.6 is 0 Å². The Morgan fingerprint density at radius 2 is 1.56 bits per heavy atom. The van der Waals surface area contributed by atoms with E-state index < -0.39 is 5.92 Å². The van der Waals surface area contributed by atoms with Crippen LogP contribution in [-0.4, -0.2) is 43.7 Å². The minimum absolute atomic E-state index is 0. The summed E-state index contributed by atoms with van der Waals surface area (Å²) in [5.74, 6) is 0.881. The van der Waals surface area contributed by atoms with Crippen molar-refractivity contribution in [1.29, 1.82) is 0 Å². The molecule has 4 nitrogen and oxygen atoms in total. The van der Waals surface area contributed by atoms with E-state index in [1.165, 1.54) is 32.4 Å². The Morgan fingerprint density at radius 1 is 1.00 bits per heavy atom. The molecule has 0 aliphatic carbocycles. The summed E-state index contributed by atoms with van der Waals surface area (Å²) in [4.78, 5) is 13.0. The van der Waals surface area contributed by atoms with Crippen molar-refractivity contribution in [3.63, 3.8) is 0 Å². The van der Waals surface area contributed by atoms with E-state index in [1.807, 2.05) is 48.5 Å². The number of esters is 1. The molecule has 0 N–H and O–H groups in total. The fraction of sp³-hybridized carbons (Fsp3) is 0.409. The van der Waals surface area contributed by atoms with Gasteiger partial charge in [0.15, 0.2) is 0 Å². The molecule has 2 aromatic carbocycles. The Balaban J connectivity index is 0.00000210. The lowest BCUT2D eigenvalue weighted by atomic mass is 9.88. The molecule has 0 atom stereocenters. The maximum Gasteiger partial charge on any atom is 0.318 e. The fourth-order valence-corrected chi connectivity index (χ4v) is 4.11. The van der Waals surface area contributed by atoms with Crippen molar-refractivity contribution in [2.75, 3.05) is 33.3 Å². The van der Waals surface area contributed by atoms with Gasteiger partial charge < -0.3 is 26.4 Å². The van der Waals surface area contributed by atoms with Gasteiger partial charge in [-0.1, -0.05) is 36.4 Å². The number of nitrogens with zero attached hydrogens (tertiary/aromatic N) is 1. The van der Waals surface area contributed by atoms with E-state index in [9.17, 15) is 4.79 Å². The van der Waals surface area contributed by atoms with E-state index in [-0.39, 0.29) is 18.4 Å². The third-order valence-corrected chi connectivity index (χ3v) is 5.69. The molecule has 0 bridgehead atoms. The molecule has 0 unspecified atom stereocenters. The molecule has 0 radical (unpaired) electrons. The Hall–Kier alpha value is -2.04. The summed E-state index contributed by atoms with van der Waals surface area (Å²) in [5.41, 5.74) is 1.77. The Labute approximate surface area is 167 Å². The summed E-state index contributed by atoms with van der Waals surface area (Å²) in [7, 11) is 2.27. The van der Waals surface area contributed by atoms with Gasteiger partial charge in [0.25, 0.3) is 0 Å². The summed E-state index contributed by atoms with van der Waals surface area (Å²) in [5, 5.41) is 0. The number of quaternary nitrogens is 1. The Morgan fingerprint density at radius 3 is 2.15 bits per heavy atom. The zero-order valence-corrected chi connectivity index (χ0v) is 16.5. The third kappa shape index (κ3) is 4.12. The molecule has 0 aromatic heterocycles. The topological polar surface area (TPSA) is 35.5 Å². The summed E-state index contributed by atoms with van der Waals surface area (Å²) in [6.07, 6.45) is 3.86. The van der Waals surface area contributed by atoms with Crippen LogP contribution in [-0.2, 0) is 9.53 Å². The molecule has 1 fully saturated rings. The van der Waals surface area contributed by atoms with Crippen molar-refractivity contribution in [3.8, 4) is 11.5 Å². The van der Waals surface area contributed by atoms with Crippen molar-refractivity contribution in [1.82, 2.24) is 0 Å². The van der Waals surface area contributed by atoms with Crippen molar-refractivity contribution < 1.29 is 31.2 Å². The maximum atomic E-state index is 13.0. The van der Waals surface area contributed by atoms with Gasteiger partial charge in [0.1, 0.15) is 30.6 Å². The van der Waals surface area contributed by atoms with Gasteiger partial charge in [-0.25, -0.2) is 0 Å². The molecule has 2 aromatic rings. The van der Waals surface area contributed by atoms with E-state index in [0.29, 0.717) is 6.61 Å². The first-order valence-electron chi connectivity index (χ1n) is 9.52. The molecule has 2 heterocycles. The minimum atomic E-state index is -0.414. The molecule has 0 spiro atoms. The lowest BCUT2D eigenvalue weighted by Gasteiger charge is -2.37. The van der Waals surface area contributed by atoms with E-state index in [4.69, 9.17) is 9.47 Å². The fourth-order valence-electron chi connectivity index (χ4n) is 4.11. The molecule has 5 heteroatoms. The number of rotatable bonds is 4. The second kappa shape index (κ2) is 8.32. The van der Waals surface area contributed by atoms with Crippen molar-refractivity contribution in [2.24, 2.45) is 0 Å². The smallest absolute Gasteiger partial charge is 0.318 e. The highest BCUT2D eigenvalue weighted by Gasteiger charge is 2.34. The van der Waals surface area contributed by atoms with Crippen LogP contribution in [0, 0.1) is 0 Å². The van der Waals surface area contributed by atoms with Gasteiger partial charge in [-0.15, -0.1) is 0 Å². The normalized spacial score (nSPS) is 17.7. The number of likely N-dealkylation sites (N-methyl/N-ethyl adjacent to an activating group) is 1. The van der Waals surface area contributed by atoms with Crippen LogP contribution in [0.1, 0.15) is 36.3 Å². The summed E-state index contributed by atoms with van der Waals surface area (Å²) in [6.45, 7) is 3.72. The Kier molecular flexibility index (Phi) is 6.08. The molecule has 2 aliphatic rings. The van der Waals surface area contributed by atoms with Gasteiger partial charge in [-0.3, -0.25) is 4.79 Å². The van der Waals surface area contributed by atoms with Crippen LogP contribution in [0.3, 0.4) is 0 Å². The van der Waals surface area contributed by atoms with Gasteiger partial charge in [0.05, 0.1) is 20.1 Å². The number of hydrogen-bond donors (Lipinski definition) is 0. The number of likely N-dealkylation sites (tertiary alicyclic amines) is 1. The largest absolute Gasteiger partial charge is 1.00 e. The predicted molar refractivity (Wildman–Crippen MR) is 100 cm³/mol. The molecular formula is C22H26ClNO3. The number of hydrogen-bond acceptors (Lipinski definition) is 3. The SMILES string of the molecule is C[N+]1(CCOC(=O)C2c3ccccc3Oc3ccccc32)CCCCC1.[Cl-]. The third-order valence-electron chi connectivity index (χ3n) is 5.69. The quantitative estimate of drug-likeness (QED) is 0.582. The molecular weight excluding hydrogens is 362 g/mol. The highest BCUT2D eigenvalue weighted by atomic mass is 35.5. The first kappa shape index (κ1) is 19.7. The number of carbonyl (C=O) groups is 1. The number of piperidine rings is 1. The van der Waals surface area contributed by atoms with Crippen LogP contribution in [0.4, 0.5) is 0 Å². The standard InChI is InChI=1S/C22H26NO3.ClH/c1-23(13-7-2-8-14-23)15-16-25-22(24)21-17-9-3-5-11-19(17)26-20-12-6-4-10-18(20)21;/h3-6,9-12,21H,2,7-8,13-16H2,1H3;1H/q+1;/p-1. The van der Waals surface area contributed by atoms with Gasteiger partial charge in [0.2, 0.25) is 0 Å². The molecule has 0 saturated carbocycles. The molecule has 27 heavy (non-hydrogen) atoms. The van der Waals surface area contributed by atoms with Crippen molar-refractivity contribution >= 4 is 5.97 Å². The van der Waals surface area contributed by atoms with E-state index in [1.54, 1.807) is 0 Å². The second-order valence-electron chi connectivity index (χ2n) is 7.63. The van der Waals surface area contributed by atoms with E-state index >= 15 is 0 Å². The number of benzene rings is 2. The van der Waals surface area contributed by atoms with Crippen LogP contribution < -0.4 is 17.1 Å². The lowest BCUT2D eigenvalue weighted by Crippen LogP contribution is -3.00. The van der Waals surface area contributed by atoms with Crippen LogP contribution in [0.15, 0.2) is 48.5 Å². The Bertz CT molecular complexity index is 756. The summed E-state index contributed by atoms with van der Waals surface area (Å²) >= 11 is 0. The highest BCUT2D eigenvalue weighted by molar-refractivity contribution is 5.85. The number of fused-ring (bicyclic) bond motifs is 2. The van der Waals surface area contributed by atoms with Crippen LogP contribution in [0.25, 0.3) is 0 Å². The minimum Gasteiger partial charge on any atom is -1.00 e. The zero-order valence-electron chi connectivity index (χ0n) is 15.7. The molecule has 4 rings (SSSR count). The molecule has 1 saturated heterocycles. The van der Waals surface area contributed by atoms with Gasteiger partial charge in [-0.05, 0) is 31.4 Å². The lowest BCUT2D eigenvalue weighted by molar-refractivity contribution is -0.914. The van der Waals surface area contributed by atoms with Gasteiger partial charge >= 0.3 is 5.97 Å². The molecule has 2 aliphatic heterocycles. The second-order valence-corrected chi connectivity index (χ2v) is 7.63. The number of para-hydroxylation sites is 2. The first-order valence-corrected chi connectivity index (χ1v) is 9.52. The molecule has 0 amide bonds. The first-order chi connectivity index (χ1) is 12.7. The number of halogens is 1. The molecule has 144 valence electrons. The average molecular weight is 388 g/mol. The number of ether oxygens (including phenoxy) is 2. The number of carbonyl (C=O) groups excluding carboxylic acids is 1. The summed E-state index contributed by atoms with van der Waals surface area (Å²) in [6, 6.07) is 15.5. The van der Waals surface area contributed by atoms with Crippen molar-refractivity contribution in [2.45, 2.75) is 25.2 Å². The monoisotopic (exact) mass is 387 g/mol. The van der Waals surface area contributed by atoms with E-state index in [0.717, 1.165) is 33.7 Å². The van der Waals surface area contributed by atoms with Gasteiger partial charge in [0, 0.05) is 11.1 Å². The zero-order chi connectivity index (χ0) is 18.0. The average Bonchev–Trinajstić information content (AvgIpc) is 2.66. The van der Waals surface area contributed by atoms with Crippen LogP contribution in [0.5, 0.6) is 11.5 Å². The van der Waals surface area contributed by atoms with Gasteiger partial charge in [-0.2, -0.15) is 0 Å². The predicted octanol–water partition coefficient (Wildman–Crippen LogP) is 1.10. The van der Waals surface area contributed by atoms with E-state index in [2.05, 4.69) is 7.05 Å².